The van der Waals surface area contributed by atoms with Crippen LogP contribution < -0.4 is 11.5 Å². The second-order valence-electron chi connectivity index (χ2n) is 3.99. The van der Waals surface area contributed by atoms with Crippen LogP contribution in [-0.2, 0) is 4.74 Å². The number of ether oxygens (including phenoxy) is 1. The van der Waals surface area contributed by atoms with Crippen LogP contribution in [0.3, 0.4) is 0 Å². The first-order chi connectivity index (χ1) is 7.97. The summed E-state index contributed by atoms with van der Waals surface area (Å²) in [5.41, 5.74) is 12.6. The third-order valence-electron chi connectivity index (χ3n) is 2.97. The van der Waals surface area contributed by atoms with Gasteiger partial charge in [-0.2, -0.15) is 0 Å². The fourth-order valence-corrected chi connectivity index (χ4v) is 6.75. The molecule has 2 aliphatic rings. The van der Waals surface area contributed by atoms with Crippen LogP contribution in [0.2, 0.25) is 0 Å². The molecule has 0 radical (unpaired) electrons. The molecule has 8 heteroatoms. The van der Waals surface area contributed by atoms with Crippen molar-refractivity contribution in [3.63, 3.8) is 0 Å². The van der Waals surface area contributed by atoms with Gasteiger partial charge in [-0.05, 0) is 15.9 Å². The van der Waals surface area contributed by atoms with E-state index >= 15 is 0 Å². The largest absolute Gasteiger partial charge is 0.399 e. The number of methoxy groups -OCH3 is 1. The highest BCUT2D eigenvalue weighted by molar-refractivity contribution is 9.14. The molecule has 0 spiro atoms. The highest BCUT2D eigenvalue weighted by atomic mass is 79.9. The molecule has 2 aliphatic heterocycles. The van der Waals surface area contributed by atoms with Gasteiger partial charge in [0.15, 0.2) is 0 Å². The molecule has 0 aromatic carbocycles. The normalized spacial score (nSPS) is 46.9. The van der Waals surface area contributed by atoms with Crippen LogP contribution in [0, 0.1) is 0 Å². The van der Waals surface area contributed by atoms with Crippen molar-refractivity contribution in [1.82, 2.24) is 0 Å². The lowest BCUT2D eigenvalue weighted by molar-refractivity contribution is 0.102. The molecule has 0 bridgehead atoms. The van der Waals surface area contributed by atoms with Crippen LogP contribution in [0.5, 0.6) is 0 Å². The zero-order valence-electron chi connectivity index (χ0n) is 9.05. The third-order valence-corrected chi connectivity index (χ3v) is 8.13. The van der Waals surface area contributed by atoms with Crippen molar-refractivity contribution >= 4 is 55.4 Å². The van der Waals surface area contributed by atoms with Crippen molar-refractivity contribution in [3.05, 3.63) is 9.51 Å². The van der Waals surface area contributed by atoms with E-state index in [-0.39, 0.29) is 26.8 Å². The molecule has 5 N–H and O–H groups in total. The maximum absolute atomic E-state index is 10.2. The summed E-state index contributed by atoms with van der Waals surface area (Å²) in [7, 11) is 1.63. The summed E-state index contributed by atoms with van der Waals surface area (Å²) in [6.07, 6.45) is -0.725. The molecule has 4 nitrogen and oxygen atoms in total. The number of thioether (sulfide) groups is 2. The van der Waals surface area contributed by atoms with Gasteiger partial charge < -0.3 is 21.3 Å². The Hall–Kier alpha value is 1.08. The fourth-order valence-electron chi connectivity index (χ4n) is 2.01. The Morgan fingerprint density at radius 3 is 2.53 bits per heavy atom. The maximum Gasteiger partial charge on any atom is 0.111 e. The minimum atomic E-state index is -0.550. The molecular weight excluding hydrogens is 392 g/mol. The lowest BCUT2D eigenvalue weighted by Crippen LogP contribution is -2.44. The van der Waals surface area contributed by atoms with Gasteiger partial charge in [0.1, 0.15) is 6.10 Å². The van der Waals surface area contributed by atoms with Gasteiger partial charge in [-0.3, -0.25) is 0 Å². The Morgan fingerprint density at radius 2 is 2.06 bits per heavy atom. The molecule has 1 fully saturated rings. The van der Waals surface area contributed by atoms with Gasteiger partial charge in [0.25, 0.3) is 0 Å². The average Bonchev–Trinajstić information content (AvgIpc) is 2.72. The number of nitrogens with two attached hydrogens (primary N) is 2. The standard InChI is InChI=1S/C9H14Br2N2O2S2/c1-15-5-3(13)9(11)17-7(5)6-4(14)2(12)8(10)16-6/h2,4-8,14H,12-13H2,1H3. The van der Waals surface area contributed by atoms with E-state index in [0.29, 0.717) is 5.70 Å². The van der Waals surface area contributed by atoms with Gasteiger partial charge in [-0.15, -0.1) is 23.5 Å². The van der Waals surface area contributed by atoms with Gasteiger partial charge in [0, 0.05) is 12.4 Å². The van der Waals surface area contributed by atoms with Crippen molar-refractivity contribution in [2.75, 3.05) is 7.11 Å². The molecule has 0 saturated carbocycles. The van der Waals surface area contributed by atoms with Crippen molar-refractivity contribution in [2.45, 2.75) is 32.9 Å². The first-order valence-corrected chi connectivity index (χ1v) is 8.58. The quantitative estimate of drug-likeness (QED) is 0.598. The zero-order valence-corrected chi connectivity index (χ0v) is 13.9. The van der Waals surface area contributed by atoms with E-state index < -0.39 is 6.10 Å². The third kappa shape index (κ3) is 2.54. The molecule has 2 rings (SSSR count). The van der Waals surface area contributed by atoms with Crippen LogP contribution in [0.1, 0.15) is 0 Å². The molecule has 0 amide bonds. The highest BCUT2D eigenvalue weighted by Crippen LogP contribution is 2.50. The van der Waals surface area contributed by atoms with Crippen molar-refractivity contribution in [2.24, 2.45) is 11.5 Å². The average molecular weight is 406 g/mol. The Labute approximate surface area is 126 Å². The molecular formula is C9H14Br2N2O2S2. The number of aliphatic hydroxyl groups excluding tert-OH is 1. The van der Waals surface area contributed by atoms with E-state index in [0.717, 1.165) is 3.81 Å². The van der Waals surface area contributed by atoms with Gasteiger partial charge in [0.2, 0.25) is 0 Å². The molecule has 0 aromatic rings. The van der Waals surface area contributed by atoms with E-state index in [9.17, 15) is 5.11 Å². The molecule has 6 unspecified atom stereocenters. The maximum atomic E-state index is 10.2. The second-order valence-corrected chi connectivity index (χ2v) is 9.41. The molecule has 0 aromatic heterocycles. The predicted octanol–water partition coefficient (Wildman–Crippen LogP) is 1.16. The first-order valence-electron chi connectivity index (χ1n) is 5.05. The first kappa shape index (κ1) is 14.5. The van der Waals surface area contributed by atoms with Gasteiger partial charge in [-0.1, -0.05) is 15.9 Å². The number of hydrogen-bond acceptors (Lipinski definition) is 6. The molecule has 0 aliphatic carbocycles. The summed E-state index contributed by atoms with van der Waals surface area (Å²) >= 11 is 10.1. The Balaban J connectivity index is 2.15. The molecule has 2 heterocycles. The van der Waals surface area contributed by atoms with Crippen LogP contribution >= 0.6 is 55.4 Å². The van der Waals surface area contributed by atoms with Crippen LogP contribution in [-0.4, -0.2) is 45.1 Å². The van der Waals surface area contributed by atoms with Crippen LogP contribution in [0.4, 0.5) is 0 Å². The van der Waals surface area contributed by atoms with Gasteiger partial charge >= 0.3 is 0 Å². The van der Waals surface area contributed by atoms with Crippen LogP contribution in [0.15, 0.2) is 9.51 Å². The number of hydrogen-bond donors (Lipinski definition) is 3. The summed E-state index contributed by atoms with van der Waals surface area (Å²) < 4.78 is 6.39. The predicted molar refractivity (Wildman–Crippen MR) is 80.4 cm³/mol. The lowest BCUT2D eigenvalue weighted by atomic mass is 10.0. The summed E-state index contributed by atoms with van der Waals surface area (Å²) in [5, 5.41) is 10.3. The summed E-state index contributed by atoms with van der Waals surface area (Å²) in [6.45, 7) is 0. The second kappa shape index (κ2) is 5.60. The summed E-state index contributed by atoms with van der Waals surface area (Å²) in [6, 6.07) is -0.260. The molecule has 17 heavy (non-hydrogen) atoms. The van der Waals surface area contributed by atoms with Crippen molar-refractivity contribution in [3.8, 4) is 0 Å². The fraction of sp³-hybridized carbons (Fsp3) is 0.778. The number of rotatable bonds is 2. The highest BCUT2D eigenvalue weighted by Gasteiger charge is 2.49. The van der Waals surface area contributed by atoms with Gasteiger partial charge in [-0.25, -0.2) is 0 Å². The van der Waals surface area contributed by atoms with E-state index in [2.05, 4.69) is 31.9 Å². The van der Waals surface area contributed by atoms with Gasteiger partial charge in [0.05, 0.1) is 31.1 Å². The Morgan fingerprint density at radius 1 is 1.41 bits per heavy atom. The van der Waals surface area contributed by atoms with E-state index in [1.165, 1.54) is 0 Å². The minimum Gasteiger partial charge on any atom is -0.399 e. The summed E-state index contributed by atoms with van der Waals surface area (Å²) in [5.74, 6) is 0. The molecule has 1 saturated heterocycles. The van der Waals surface area contributed by atoms with E-state index in [4.69, 9.17) is 16.2 Å². The van der Waals surface area contributed by atoms with Crippen LogP contribution in [0.25, 0.3) is 0 Å². The smallest absolute Gasteiger partial charge is 0.111 e. The summed E-state index contributed by atoms with van der Waals surface area (Å²) in [4.78, 5) is 0. The Kier molecular flexibility index (Phi) is 4.77. The number of aliphatic hydroxyl groups is 1. The topological polar surface area (TPSA) is 81.5 Å². The minimum absolute atomic E-state index is 0.0120. The molecule has 6 atom stereocenters. The lowest BCUT2D eigenvalue weighted by Gasteiger charge is -2.26. The number of alkyl halides is 1. The van der Waals surface area contributed by atoms with Crippen molar-refractivity contribution in [1.29, 1.82) is 0 Å². The Bertz CT molecular complexity index is 345. The van der Waals surface area contributed by atoms with E-state index in [1.807, 2.05) is 0 Å². The monoisotopic (exact) mass is 404 g/mol. The molecule has 98 valence electrons. The van der Waals surface area contributed by atoms with E-state index in [1.54, 1.807) is 30.6 Å². The zero-order chi connectivity index (χ0) is 12.7. The SMILES string of the molecule is COC1C(N)=C(Br)SC1C1SC(Br)C(N)C1O. The number of halogens is 2. The van der Waals surface area contributed by atoms with Crippen molar-refractivity contribution < 1.29 is 9.84 Å².